The molecule has 7 rings (SSSR count). The second-order valence-electron chi connectivity index (χ2n) is 8.35. The standard InChI is InChI=1S/C30H18ClNO/c31-26-11-6-10-25-24-16-14-20(18-29(24)33-30(25)26)19-13-15-23-22-9-4-5-12-27(22)32(28(23)17-19)21-7-2-1-3-8-21/h1-18H. The third kappa shape index (κ3) is 2.75. The van der Waals surface area contributed by atoms with E-state index in [1.165, 1.54) is 21.8 Å². The summed E-state index contributed by atoms with van der Waals surface area (Å²) in [5.74, 6) is 0. The second kappa shape index (κ2) is 6.99. The monoisotopic (exact) mass is 443 g/mol. The summed E-state index contributed by atoms with van der Waals surface area (Å²) in [6, 6.07) is 38.1. The molecule has 7 aromatic rings. The van der Waals surface area contributed by atoms with Gasteiger partial charge >= 0.3 is 0 Å². The first-order chi connectivity index (χ1) is 16.3. The summed E-state index contributed by atoms with van der Waals surface area (Å²) in [6.07, 6.45) is 0. The van der Waals surface area contributed by atoms with Crippen molar-refractivity contribution in [2.24, 2.45) is 0 Å². The van der Waals surface area contributed by atoms with Crippen LogP contribution in [0.2, 0.25) is 5.02 Å². The number of hydrogen-bond acceptors (Lipinski definition) is 1. The largest absolute Gasteiger partial charge is 0.454 e. The van der Waals surface area contributed by atoms with Gasteiger partial charge in [0.2, 0.25) is 0 Å². The molecule has 0 saturated heterocycles. The lowest BCUT2D eigenvalue weighted by Gasteiger charge is -2.09. The number of furan rings is 1. The van der Waals surface area contributed by atoms with Gasteiger partial charge in [0, 0.05) is 27.2 Å². The molecule has 0 N–H and O–H groups in total. The lowest BCUT2D eigenvalue weighted by Crippen LogP contribution is -1.93. The van der Waals surface area contributed by atoms with Crippen LogP contribution < -0.4 is 0 Å². The first-order valence-electron chi connectivity index (χ1n) is 11.0. The van der Waals surface area contributed by atoms with Crippen LogP contribution in [0.25, 0.3) is 60.6 Å². The Balaban J connectivity index is 1.49. The molecule has 0 amide bonds. The van der Waals surface area contributed by atoms with Gasteiger partial charge in [-0.15, -0.1) is 0 Å². The van der Waals surface area contributed by atoms with Gasteiger partial charge in [-0.2, -0.15) is 0 Å². The predicted molar refractivity (Wildman–Crippen MR) is 139 cm³/mol. The number of hydrogen-bond donors (Lipinski definition) is 0. The Morgan fingerprint density at radius 2 is 1.24 bits per heavy atom. The van der Waals surface area contributed by atoms with E-state index in [1.54, 1.807) is 0 Å². The number of para-hydroxylation sites is 3. The Hall–Kier alpha value is -4.01. The minimum absolute atomic E-state index is 0.638. The highest BCUT2D eigenvalue weighted by Crippen LogP contribution is 2.38. The van der Waals surface area contributed by atoms with E-state index in [1.807, 2.05) is 12.1 Å². The maximum Gasteiger partial charge on any atom is 0.153 e. The van der Waals surface area contributed by atoms with Gasteiger partial charge in [-0.3, -0.25) is 0 Å². The molecule has 2 nitrogen and oxygen atoms in total. The molecular weight excluding hydrogens is 426 g/mol. The molecule has 2 heterocycles. The minimum atomic E-state index is 0.638. The second-order valence-corrected chi connectivity index (χ2v) is 8.76. The van der Waals surface area contributed by atoms with E-state index in [-0.39, 0.29) is 0 Å². The molecule has 33 heavy (non-hydrogen) atoms. The highest BCUT2D eigenvalue weighted by Gasteiger charge is 2.14. The number of fused-ring (bicyclic) bond motifs is 6. The topological polar surface area (TPSA) is 18.1 Å². The molecule has 0 aliphatic rings. The van der Waals surface area contributed by atoms with Crippen LogP contribution >= 0.6 is 11.6 Å². The van der Waals surface area contributed by atoms with Crippen LogP contribution in [0.4, 0.5) is 0 Å². The Labute approximate surface area is 195 Å². The van der Waals surface area contributed by atoms with Crippen molar-refractivity contribution in [3.63, 3.8) is 0 Å². The van der Waals surface area contributed by atoms with Crippen LogP contribution in [-0.2, 0) is 0 Å². The highest BCUT2D eigenvalue weighted by atomic mass is 35.5. The summed E-state index contributed by atoms with van der Waals surface area (Å²) >= 11 is 6.37. The van der Waals surface area contributed by atoms with Crippen LogP contribution in [-0.4, -0.2) is 4.57 Å². The Bertz CT molecular complexity index is 1830. The molecular formula is C30H18ClNO. The summed E-state index contributed by atoms with van der Waals surface area (Å²) < 4.78 is 8.48. The third-order valence-corrected chi connectivity index (χ3v) is 6.77. The van der Waals surface area contributed by atoms with E-state index in [9.17, 15) is 0 Å². The molecule has 3 heteroatoms. The molecule has 0 atom stereocenters. The van der Waals surface area contributed by atoms with Gasteiger partial charge < -0.3 is 8.98 Å². The molecule has 156 valence electrons. The van der Waals surface area contributed by atoms with Crippen LogP contribution in [0.1, 0.15) is 0 Å². The van der Waals surface area contributed by atoms with Gasteiger partial charge in [0.15, 0.2) is 5.58 Å². The van der Waals surface area contributed by atoms with E-state index in [2.05, 4.69) is 102 Å². The van der Waals surface area contributed by atoms with Gasteiger partial charge in [-0.25, -0.2) is 0 Å². The molecule has 0 aliphatic heterocycles. The number of nitrogens with zero attached hydrogens (tertiary/aromatic N) is 1. The smallest absolute Gasteiger partial charge is 0.153 e. The molecule has 5 aromatic carbocycles. The average Bonchev–Trinajstić information content (AvgIpc) is 3.40. The number of aromatic nitrogens is 1. The van der Waals surface area contributed by atoms with Crippen molar-refractivity contribution in [2.45, 2.75) is 0 Å². The van der Waals surface area contributed by atoms with E-state index in [4.69, 9.17) is 16.0 Å². The fourth-order valence-electron chi connectivity index (χ4n) is 4.95. The maximum atomic E-state index is 6.37. The van der Waals surface area contributed by atoms with E-state index in [0.717, 1.165) is 38.8 Å². The first-order valence-corrected chi connectivity index (χ1v) is 11.4. The van der Waals surface area contributed by atoms with Gasteiger partial charge in [0.05, 0.1) is 16.1 Å². The Morgan fingerprint density at radius 1 is 0.545 bits per heavy atom. The zero-order chi connectivity index (χ0) is 21.9. The van der Waals surface area contributed by atoms with Crippen LogP contribution in [0, 0.1) is 0 Å². The molecule has 0 bridgehead atoms. The normalized spacial score (nSPS) is 11.8. The highest BCUT2D eigenvalue weighted by molar-refractivity contribution is 6.35. The summed E-state index contributed by atoms with van der Waals surface area (Å²) in [5.41, 5.74) is 7.40. The van der Waals surface area contributed by atoms with Crippen molar-refractivity contribution in [1.82, 2.24) is 4.57 Å². The lowest BCUT2D eigenvalue weighted by molar-refractivity contribution is 0.669. The molecule has 2 aromatic heterocycles. The summed E-state index contributed by atoms with van der Waals surface area (Å²) in [6.45, 7) is 0. The van der Waals surface area contributed by atoms with Crippen molar-refractivity contribution in [3.8, 4) is 16.8 Å². The van der Waals surface area contributed by atoms with Gasteiger partial charge in [-0.1, -0.05) is 78.3 Å². The quantitative estimate of drug-likeness (QED) is 0.260. The van der Waals surface area contributed by atoms with E-state index in [0.29, 0.717) is 5.02 Å². The SMILES string of the molecule is Clc1cccc2c1oc1cc(-c3ccc4c5ccccc5n(-c5ccccc5)c4c3)ccc12. The van der Waals surface area contributed by atoms with Crippen LogP contribution in [0.5, 0.6) is 0 Å². The van der Waals surface area contributed by atoms with Crippen molar-refractivity contribution < 1.29 is 4.42 Å². The molecule has 0 aliphatic carbocycles. The van der Waals surface area contributed by atoms with Crippen molar-refractivity contribution in [3.05, 3.63) is 114 Å². The molecule has 0 saturated carbocycles. The van der Waals surface area contributed by atoms with Gasteiger partial charge in [0.25, 0.3) is 0 Å². The summed E-state index contributed by atoms with van der Waals surface area (Å²) in [5, 5.41) is 5.26. The Kier molecular flexibility index (Phi) is 3.93. The van der Waals surface area contributed by atoms with Crippen molar-refractivity contribution in [1.29, 1.82) is 0 Å². The van der Waals surface area contributed by atoms with Crippen molar-refractivity contribution >= 4 is 55.3 Å². The molecule has 0 spiro atoms. The third-order valence-electron chi connectivity index (χ3n) is 6.47. The van der Waals surface area contributed by atoms with E-state index < -0.39 is 0 Å². The number of rotatable bonds is 2. The Morgan fingerprint density at radius 3 is 2.12 bits per heavy atom. The first kappa shape index (κ1) is 18.6. The summed E-state index contributed by atoms with van der Waals surface area (Å²) in [4.78, 5) is 0. The molecule has 0 radical (unpaired) electrons. The fraction of sp³-hybridized carbons (Fsp3) is 0. The zero-order valence-electron chi connectivity index (χ0n) is 17.6. The summed E-state index contributed by atoms with van der Waals surface area (Å²) in [7, 11) is 0. The van der Waals surface area contributed by atoms with Crippen molar-refractivity contribution in [2.75, 3.05) is 0 Å². The molecule has 0 unspecified atom stereocenters. The maximum absolute atomic E-state index is 6.37. The fourth-order valence-corrected chi connectivity index (χ4v) is 5.16. The molecule has 0 fully saturated rings. The number of benzene rings is 5. The van der Waals surface area contributed by atoms with Crippen LogP contribution in [0.3, 0.4) is 0 Å². The van der Waals surface area contributed by atoms with Gasteiger partial charge in [-0.05, 0) is 53.6 Å². The number of halogens is 1. The zero-order valence-corrected chi connectivity index (χ0v) is 18.4. The van der Waals surface area contributed by atoms with E-state index >= 15 is 0 Å². The minimum Gasteiger partial charge on any atom is -0.454 e. The van der Waals surface area contributed by atoms with Gasteiger partial charge in [0.1, 0.15) is 5.58 Å². The average molecular weight is 444 g/mol. The van der Waals surface area contributed by atoms with Crippen LogP contribution in [0.15, 0.2) is 114 Å². The predicted octanol–water partition coefficient (Wildman–Crippen LogP) is 9.00. The lowest BCUT2D eigenvalue weighted by atomic mass is 10.0.